The molecule has 0 radical (unpaired) electrons. The molecule has 0 saturated carbocycles. The zero-order valence-electron chi connectivity index (χ0n) is 18.1. The summed E-state index contributed by atoms with van der Waals surface area (Å²) in [5.74, 6) is 0.00278. The lowest BCUT2D eigenvalue weighted by Gasteiger charge is -2.13. The van der Waals surface area contributed by atoms with E-state index in [0.29, 0.717) is 22.7 Å². The number of nitrogens with zero attached hydrogens (tertiary/aromatic N) is 2. The summed E-state index contributed by atoms with van der Waals surface area (Å²) in [5.41, 5.74) is 3.63. The van der Waals surface area contributed by atoms with E-state index in [0.717, 1.165) is 27.4 Å². The second kappa shape index (κ2) is 8.92. The fourth-order valence-corrected chi connectivity index (χ4v) is 4.62. The van der Waals surface area contributed by atoms with Crippen LogP contribution >= 0.6 is 11.3 Å². The van der Waals surface area contributed by atoms with Crippen LogP contribution < -0.4 is 10.1 Å². The van der Waals surface area contributed by atoms with Gasteiger partial charge in [0.05, 0.1) is 23.9 Å². The first-order valence-electron chi connectivity index (χ1n) is 10.3. The van der Waals surface area contributed by atoms with Crippen LogP contribution in [-0.4, -0.2) is 41.3 Å². The van der Waals surface area contributed by atoms with E-state index < -0.39 is 0 Å². The summed E-state index contributed by atoms with van der Waals surface area (Å²) < 4.78 is 5.31. The molecule has 164 valence electrons. The van der Waals surface area contributed by atoms with Crippen molar-refractivity contribution in [1.82, 2.24) is 9.88 Å². The zero-order valence-corrected chi connectivity index (χ0v) is 18.9. The van der Waals surface area contributed by atoms with E-state index in [1.165, 1.54) is 16.2 Å². The summed E-state index contributed by atoms with van der Waals surface area (Å²) in [6.07, 6.45) is 0.565. The number of methoxy groups -OCH3 is 1. The van der Waals surface area contributed by atoms with E-state index in [2.05, 4.69) is 10.3 Å². The first-order valence-corrected chi connectivity index (χ1v) is 11.1. The molecule has 4 rings (SSSR count). The van der Waals surface area contributed by atoms with Gasteiger partial charge in [0, 0.05) is 23.4 Å². The first kappa shape index (κ1) is 21.7. The summed E-state index contributed by atoms with van der Waals surface area (Å²) in [6, 6.07) is 12.6. The van der Waals surface area contributed by atoms with Gasteiger partial charge in [-0.25, -0.2) is 4.98 Å². The quantitative estimate of drug-likeness (QED) is 0.539. The Kier molecular flexibility index (Phi) is 6.05. The van der Waals surface area contributed by atoms with Crippen molar-refractivity contribution in [3.8, 4) is 17.0 Å². The van der Waals surface area contributed by atoms with Gasteiger partial charge in [-0.05, 0) is 56.2 Å². The number of aromatic nitrogens is 1. The Morgan fingerprint density at radius 2 is 1.78 bits per heavy atom. The average molecular weight is 450 g/mol. The van der Waals surface area contributed by atoms with Crippen LogP contribution in [0, 0.1) is 13.8 Å². The topological polar surface area (TPSA) is 88.6 Å². The zero-order chi connectivity index (χ0) is 22.8. The standard InChI is InChI=1S/C24H23N3O4S/c1-14-13-16(10-11-19(14)31-3)21-15(2)32-24(26-21)25-20(28)9-6-12-27-22(29)17-7-4-5-8-18(17)23(27)30/h4-5,7-8,10-11,13H,6,9,12H2,1-3H3,(H,25,26,28). The largest absolute Gasteiger partial charge is 0.496 e. The van der Waals surface area contributed by atoms with Crippen LogP contribution in [0.25, 0.3) is 11.3 Å². The third kappa shape index (κ3) is 4.13. The van der Waals surface area contributed by atoms with Crippen molar-refractivity contribution in [2.45, 2.75) is 26.7 Å². The van der Waals surface area contributed by atoms with Crippen molar-refractivity contribution in [2.24, 2.45) is 0 Å². The van der Waals surface area contributed by atoms with Crippen molar-refractivity contribution in [3.05, 3.63) is 64.0 Å². The summed E-state index contributed by atoms with van der Waals surface area (Å²) in [7, 11) is 1.64. The molecule has 1 aliphatic heterocycles. The minimum absolute atomic E-state index is 0.184. The molecule has 0 bridgehead atoms. The lowest BCUT2D eigenvalue weighted by Crippen LogP contribution is -2.31. The fraction of sp³-hybridized carbons (Fsp3) is 0.250. The van der Waals surface area contributed by atoms with E-state index in [1.807, 2.05) is 32.0 Å². The third-order valence-corrected chi connectivity index (χ3v) is 6.26. The molecular formula is C24H23N3O4S. The van der Waals surface area contributed by atoms with Crippen LogP contribution in [0.1, 0.15) is 44.0 Å². The summed E-state index contributed by atoms with van der Waals surface area (Å²) in [6.45, 7) is 4.14. The van der Waals surface area contributed by atoms with Crippen molar-refractivity contribution in [2.75, 3.05) is 19.0 Å². The first-order chi connectivity index (χ1) is 15.4. The van der Waals surface area contributed by atoms with Gasteiger partial charge in [0.15, 0.2) is 5.13 Å². The van der Waals surface area contributed by atoms with Crippen LogP contribution in [0.2, 0.25) is 0 Å². The predicted octanol–water partition coefficient (Wildman–Crippen LogP) is 4.45. The Hall–Kier alpha value is -3.52. The highest BCUT2D eigenvalue weighted by atomic mass is 32.1. The molecule has 2 heterocycles. The van der Waals surface area contributed by atoms with Gasteiger partial charge < -0.3 is 10.1 Å². The lowest BCUT2D eigenvalue weighted by molar-refractivity contribution is -0.116. The number of carbonyl (C=O) groups is 3. The van der Waals surface area contributed by atoms with Crippen molar-refractivity contribution in [1.29, 1.82) is 0 Å². The van der Waals surface area contributed by atoms with Crippen LogP contribution in [0.4, 0.5) is 5.13 Å². The molecule has 1 aliphatic rings. The van der Waals surface area contributed by atoms with Gasteiger partial charge in [0.1, 0.15) is 5.75 Å². The molecule has 2 aromatic carbocycles. The molecule has 0 atom stereocenters. The smallest absolute Gasteiger partial charge is 0.261 e. The summed E-state index contributed by atoms with van der Waals surface area (Å²) in [5, 5.41) is 3.36. The molecule has 0 spiro atoms. The molecule has 32 heavy (non-hydrogen) atoms. The van der Waals surface area contributed by atoms with Gasteiger partial charge in [-0.15, -0.1) is 11.3 Å². The maximum Gasteiger partial charge on any atom is 0.261 e. The minimum Gasteiger partial charge on any atom is -0.496 e. The van der Waals surface area contributed by atoms with E-state index in [1.54, 1.807) is 31.4 Å². The Morgan fingerprint density at radius 1 is 1.09 bits per heavy atom. The van der Waals surface area contributed by atoms with Gasteiger partial charge in [-0.1, -0.05) is 12.1 Å². The Labute approximate surface area is 190 Å². The van der Waals surface area contributed by atoms with Crippen LogP contribution in [0.15, 0.2) is 42.5 Å². The number of amides is 3. The predicted molar refractivity (Wildman–Crippen MR) is 123 cm³/mol. The van der Waals surface area contributed by atoms with Gasteiger partial charge >= 0.3 is 0 Å². The second-order valence-electron chi connectivity index (χ2n) is 7.57. The lowest BCUT2D eigenvalue weighted by atomic mass is 10.1. The number of nitrogens with one attached hydrogen (secondary N) is 1. The molecule has 1 N–H and O–H groups in total. The van der Waals surface area contributed by atoms with E-state index in [9.17, 15) is 14.4 Å². The van der Waals surface area contributed by atoms with Crippen molar-refractivity contribution in [3.63, 3.8) is 0 Å². The van der Waals surface area contributed by atoms with E-state index >= 15 is 0 Å². The monoisotopic (exact) mass is 449 g/mol. The normalized spacial score (nSPS) is 12.8. The number of imide groups is 1. The van der Waals surface area contributed by atoms with Crippen LogP contribution in [-0.2, 0) is 4.79 Å². The highest BCUT2D eigenvalue weighted by Gasteiger charge is 2.34. The number of ether oxygens (including phenoxy) is 1. The molecular weight excluding hydrogens is 426 g/mol. The van der Waals surface area contributed by atoms with Crippen LogP contribution in [0.5, 0.6) is 5.75 Å². The van der Waals surface area contributed by atoms with Gasteiger partial charge in [0.25, 0.3) is 11.8 Å². The fourth-order valence-electron chi connectivity index (χ4n) is 3.77. The van der Waals surface area contributed by atoms with Crippen molar-refractivity contribution >= 4 is 34.2 Å². The highest BCUT2D eigenvalue weighted by Crippen LogP contribution is 2.33. The molecule has 3 aromatic rings. The maximum atomic E-state index is 12.4. The number of fused-ring (bicyclic) bond motifs is 1. The average Bonchev–Trinajstić information content (AvgIpc) is 3.26. The minimum atomic E-state index is -0.305. The molecule has 0 fully saturated rings. The SMILES string of the molecule is COc1ccc(-c2nc(NC(=O)CCCN3C(=O)c4ccccc4C3=O)sc2C)cc1C. The Morgan fingerprint density at radius 3 is 2.41 bits per heavy atom. The number of thiazole rings is 1. The third-order valence-electron chi connectivity index (χ3n) is 5.37. The number of benzene rings is 2. The number of rotatable bonds is 7. The molecule has 3 amide bonds. The Bertz CT molecular complexity index is 1180. The molecule has 0 saturated heterocycles. The van der Waals surface area contributed by atoms with Crippen molar-refractivity contribution < 1.29 is 19.1 Å². The number of aryl methyl sites for hydroxylation is 2. The molecule has 0 aliphatic carbocycles. The summed E-state index contributed by atoms with van der Waals surface area (Å²) in [4.78, 5) is 44.0. The van der Waals surface area contributed by atoms with Gasteiger partial charge in [0.2, 0.25) is 5.91 Å². The number of carbonyl (C=O) groups excluding carboxylic acids is 3. The second-order valence-corrected chi connectivity index (χ2v) is 8.77. The number of hydrogen-bond acceptors (Lipinski definition) is 6. The molecule has 1 aromatic heterocycles. The van der Waals surface area contributed by atoms with Crippen LogP contribution in [0.3, 0.4) is 0 Å². The molecule has 0 unspecified atom stereocenters. The molecule has 7 nitrogen and oxygen atoms in total. The maximum absolute atomic E-state index is 12.4. The number of anilines is 1. The highest BCUT2D eigenvalue weighted by molar-refractivity contribution is 7.16. The van der Waals surface area contributed by atoms with E-state index in [-0.39, 0.29) is 30.7 Å². The van der Waals surface area contributed by atoms with Gasteiger partial charge in [-0.3, -0.25) is 19.3 Å². The Balaban J connectivity index is 1.34. The van der Waals surface area contributed by atoms with Gasteiger partial charge in [-0.2, -0.15) is 0 Å². The molecule has 8 heteroatoms. The van der Waals surface area contributed by atoms with E-state index in [4.69, 9.17) is 4.74 Å². The number of hydrogen-bond donors (Lipinski definition) is 1. The summed E-state index contributed by atoms with van der Waals surface area (Å²) >= 11 is 1.41.